The molecule has 0 radical (unpaired) electrons. The van der Waals surface area contributed by atoms with Gasteiger partial charge in [0, 0.05) is 26.3 Å². The zero-order chi connectivity index (χ0) is 13.7. The number of hydrogen-bond acceptors (Lipinski definition) is 6. The molecule has 6 heteroatoms. The molecule has 0 amide bonds. The quantitative estimate of drug-likeness (QED) is 0.711. The maximum Gasteiger partial charge on any atom is 0.315 e. The van der Waals surface area contributed by atoms with Crippen molar-refractivity contribution in [3.05, 3.63) is 5.89 Å². The van der Waals surface area contributed by atoms with Gasteiger partial charge in [-0.25, -0.2) is 0 Å². The Morgan fingerprint density at radius 2 is 2.16 bits per heavy atom. The van der Waals surface area contributed by atoms with Gasteiger partial charge in [0.2, 0.25) is 5.89 Å². The van der Waals surface area contributed by atoms with Crippen molar-refractivity contribution in [1.29, 1.82) is 0 Å². The molecule has 2 N–H and O–H groups in total. The standard InChI is InChI=1S/C13H24N4O2/c1-10(2)14-8-11-16-17-12(19-11)15-9-13(4-5-13)6-7-18-3/h10,14H,4-9H2,1-3H3,(H,15,17). The Hall–Kier alpha value is -1.14. The van der Waals surface area contributed by atoms with Crippen LogP contribution in [0.15, 0.2) is 4.42 Å². The minimum absolute atomic E-state index is 0.376. The van der Waals surface area contributed by atoms with Crippen LogP contribution in [0.4, 0.5) is 6.01 Å². The van der Waals surface area contributed by atoms with Gasteiger partial charge in [0.25, 0.3) is 0 Å². The first-order chi connectivity index (χ1) is 9.13. The third-order valence-corrected chi connectivity index (χ3v) is 3.54. The van der Waals surface area contributed by atoms with Crippen LogP contribution in [0.1, 0.15) is 39.0 Å². The summed E-state index contributed by atoms with van der Waals surface area (Å²) in [6.45, 7) is 6.48. The van der Waals surface area contributed by atoms with Gasteiger partial charge in [0.1, 0.15) is 0 Å². The average Bonchev–Trinajstić information content (AvgIpc) is 3.02. The Morgan fingerprint density at radius 1 is 1.37 bits per heavy atom. The Morgan fingerprint density at radius 3 is 2.79 bits per heavy atom. The van der Waals surface area contributed by atoms with Crippen molar-refractivity contribution in [1.82, 2.24) is 15.5 Å². The number of methoxy groups -OCH3 is 1. The summed E-state index contributed by atoms with van der Waals surface area (Å²) in [6, 6.07) is 0.927. The molecular weight excluding hydrogens is 244 g/mol. The van der Waals surface area contributed by atoms with E-state index >= 15 is 0 Å². The van der Waals surface area contributed by atoms with Crippen molar-refractivity contribution < 1.29 is 9.15 Å². The van der Waals surface area contributed by atoms with E-state index in [4.69, 9.17) is 9.15 Å². The molecule has 0 spiro atoms. The lowest BCUT2D eigenvalue weighted by Gasteiger charge is -2.13. The van der Waals surface area contributed by atoms with E-state index in [0.29, 0.717) is 29.9 Å². The Balaban J connectivity index is 1.74. The molecule has 108 valence electrons. The minimum atomic E-state index is 0.376. The average molecular weight is 268 g/mol. The minimum Gasteiger partial charge on any atom is -0.407 e. The lowest BCUT2D eigenvalue weighted by Crippen LogP contribution is -2.21. The number of nitrogens with one attached hydrogen (secondary N) is 2. The highest BCUT2D eigenvalue weighted by Crippen LogP contribution is 2.48. The summed E-state index contributed by atoms with van der Waals surface area (Å²) in [4.78, 5) is 0. The maximum absolute atomic E-state index is 5.53. The van der Waals surface area contributed by atoms with Gasteiger partial charge in [-0.15, -0.1) is 5.10 Å². The van der Waals surface area contributed by atoms with Gasteiger partial charge >= 0.3 is 6.01 Å². The summed E-state index contributed by atoms with van der Waals surface area (Å²) >= 11 is 0. The van der Waals surface area contributed by atoms with Gasteiger partial charge in [-0.1, -0.05) is 18.9 Å². The highest BCUT2D eigenvalue weighted by molar-refractivity contribution is 5.19. The highest BCUT2D eigenvalue weighted by Gasteiger charge is 2.42. The second-order valence-corrected chi connectivity index (χ2v) is 5.63. The van der Waals surface area contributed by atoms with E-state index in [2.05, 4.69) is 34.7 Å². The summed E-state index contributed by atoms with van der Waals surface area (Å²) in [5.41, 5.74) is 0.376. The van der Waals surface area contributed by atoms with Gasteiger partial charge in [0.15, 0.2) is 0 Å². The second-order valence-electron chi connectivity index (χ2n) is 5.63. The van der Waals surface area contributed by atoms with Crippen molar-refractivity contribution in [2.75, 3.05) is 25.6 Å². The largest absolute Gasteiger partial charge is 0.407 e. The smallest absolute Gasteiger partial charge is 0.315 e. The molecule has 1 aromatic rings. The van der Waals surface area contributed by atoms with Gasteiger partial charge in [-0.2, -0.15) is 0 Å². The zero-order valence-electron chi connectivity index (χ0n) is 12.0. The SMILES string of the molecule is COCCC1(CNc2nnc(CNC(C)C)o2)CC1. The van der Waals surface area contributed by atoms with Gasteiger partial charge in [-0.05, 0) is 24.7 Å². The molecule has 0 aliphatic heterocycles. The third-order valence-electron chi connectivity index (χ3n) is 3.54. The molecule has 1 aliphatic rings. The fraction of sp³-hybridized carbons (Fsp3) is 0.846. The number of aromatic nitrogens is 2. The van der Waals surface area contributed by atoms with Gasteiger partial charge < -0.3 is 19.8 Å². The molecule has 1 fully saturated rings. The molecule has 6 nitrogen and oxygen atoms in total. The number of nitrogens with zero attached hydrogens (tertiary/aromatic N) is 2. The Kier molecular flexibility index (Phi) is 4.76. The molecule has 0 saturated heterocycles. The molecule has 0 atom stereocenters. The first-order valence-corrected chi connectivity index (χ1v) is 6.92. The predicted octanol–water partition coefficient (Wildman–Crippen LogP) is 1.80. The number of rotatable bonds is 9. The van der Waals surface area contributed by atoms with Crippen LogP contribution in [0.2, 0.25) is 0 Å². The third kappa shape index (κ3) is 4.47. The molecule has 19 heavy (non-hydrogen) atoms. The van der Waals surface area contributed by atoms with Crippen molar-refractivity contribution in [2.45, 2.75) is 45.7 Å². The van der Waals surface area contributed by atoms with Crippen LogP contribution >= 0.6 is 0 Å². The van der Waals surface area contributed by atoms with Crippen LogP contribution in [0.5, 0.6) is 0 Å². The van der Waals surface area contributed by atoms with E-state index < -0.39 is 0 Å². The lowest BCUT2D eigenvalue weighted by molar-refractivity contribution is 0.174. The van der Waals surface area contributed by atoms with E-state index in [1.165, 1.54) is 12.8 Å². The second kappa shape index (κ2) is 6.34. The number of ether oxygens (including phenoxy) is 1. The lowest BCUT2D eigenvalue weighted by atomic mass is 10.0. The normalized spacial score (nSPS) is 16.8. The summed E-state index contributed by atoms with van der Waals surface area (Å²) in [5, 5.41) is 14.5. The van der Waals surface area contributed by atoms with Crippen LogP contribution in [-0.2, 0) is 11.3 Å². The van der Waals surface area contributed by atoms with Crippen molar-refractivity contribution >= 4 is 6.01 Å². The molecule has 0 bridgehead atoms. The maximum atomic E-state index is 5.53. The van der Waals surface area contributed by atoms with Crippen LogP contribution in [0.3, 0.4) is 0 Å². The molecular formula is C13H24N4O2. The monoisotopic (exact) mass is 268 g/mol. The molecule has 2 rings (SSSR count). The van der Waals surface area contributed by atoms with Crippen LogP contribution in [0, 0.1) is 5.41 Å². The van der Waals surface area contributed by atoms with E-state index in [1.807, 2.05) is 0 Å². The molecule has 1 heterocycles. The van der Waals surface area contributed by atoms with E-state index in [9.17, 15) is 0 Å². The number of hydrogen-bond donors (Lipinski definition) is 2. The molecule has 1 saturated carbocycles. The van der Waals surface area contributed by atoms with Crippen LogP contribution in [0.25, 0.3) is 0 Å². The predicted molar refractivity (Wildman–Crippen MR) is 72.9 cm³/mol. The molecule has 1 aliphatic carbocycles. The van der Waals surface area contributed by atoms with Crippen LogP contribution < -0.4 is 10.6 Å². The fourth-order valence-electron chi connectivity index (χ4n) is 1.96. The molecule has 1 aromatic heterocycles. The number of anilines is 1. The van der Waals surface area contributed by atoms with Crippen molar-refractivity contribution in [2.24, 2.45) is 5.41 Å². The highest BCUT2D eigenvalue weighted by atomic mass is 16.5. The first-order valence-electron chi connectivity index (χ1n) is 6.92. The first kappa shape index (κ1) is 14.3. The van der Waals surface area contributed by atoms with Crippen molar-refractivity contribution in [3.63, 3.8) is 0 Å². The zero-order valence-corrected chi connectivity index (χ0v) is 12.0. The summed E-state index contributed by atoms with van der Waals surface area (Å²) in [5.74, 6) is 0.623. The Bertz CT molecular complexity index is 388. The van der Waals surface area contributed by atoms with E-state index in [-0.39, 0.29) is 0 Å². The molecule has 0 unspecified atom stereocenters. The summed E-state index contributed by atoms with van der Waals surface area (Å²) < 4.78 is 10.7. The molecule has 0 aromatic carbocycles. The van der Waals surface area contributed by atoms with Crippen molar-refractivity contribution in [3.8, 4) is 0 Å². The van der Waals surface area contributed by atoms with E-state index in [1.54, 1.807) is 7.11 Å². The van der Waals surface area contributed by atoms with Gasteiger partial charge in [0.05, 0.1) is 6.54 Å². The van der Waals surface area contributed by atoms with E-state index in [0.717, 1.165) is 19.6 Å². The van der Waals surface area contributed by atoms with Gasteiger partial charge in [-0.3, -0.25) is 0 Å². The topological polar surface area (TPSA) is 72.2 Å². The summed E-state index contributed by atoms with van der Waals surface area (Å²) in [7, 11) is 1.75. The van der Waals surface area contributed by atoms with Crippen LogP contribution in [-0.4, -0.2) is 36.5 Å². The Labute approximate surface area is 114 Å². The summed E-state index contributed by atoms with van der Waals surface area (Å²) in [6.07, 6.45) is 3.59. The fourth-order valence-corrected chi connectivity index (χ4v) is 1.96.